The van der Waals surface area contributed by atoms with Crippen molar-refractivity contribution in [2.45, 2.75) is 38.6 Å². The molecule has 0 spiro atoms. The molecule has 0 aromatic heterocycles. The molecule has 0 aliphatic carbocycles. The first-order valence-corrected chi connectivity index (χ1v) is 8.45. The number of hydrogen-bond donors (Lipinski definition) is 1. The van der Waals surface area contributed by atoms with Crippen molar-refractivity contribution in [2.75, 3.05) is 33.2 Å². The van der Waals surface area contributed by atoms with Crippen molar-refractivity contribution in [3.63, 3.8) is 0 Å². The zero-order valence-electron chi connectivity index (χ0n) is 14.5. The van der Waals surface area contributed by atoms with E-state index in [-0.39, 0.29) is 12.0 Å². The SMILES string of the molecule is C=C(C(N)=O)C(C/C=C/CN(C)CC(C#N)CC)N1CCCC1. The molecule has 0 bridgehead atoms. The third-order valence-corrected chi connectivity index (χ3v) is 4.45. The molecule has 2 atom stereocenters. The molecule has 5 nitrogen and oxygen atoms in total. The molecule has 1 aliphatic heterocycles. The molecule has 1 aliphatic rings. The average molecular weight is 318 g/mol. The summed E-state index contributed by atoms with van der Waals surface area (Å²) in [4.78, 5) is 15.9. The van der Waals surface area contributed by atoms with Crippen molar-refractivity contribution < 1.29 is 4.79 Å². The molecule has 0 radical (unpaired) electrons. The van der Waals surface area contributed by atoms with Gasteiger partial charge in [0.2, 0.25) is 5.91 Å². The predicted molar refractivity (Wildman–Crippen MR) is 93.6 cm³/mol. The molecule has 5 heteroatoms. The second-order valence-electron chi connectivity index (χ2n) is 6.31. The van der Waals surface area contributed by atoms with Crippen LogP contribution in [0, 0.1) is 17.2 Å². The van der Waals surface area contributed by atoms with E-state index in [1.54, 1.807) is 0 Å². The van der Waals surface area contributed by atoms with Crippen LogP contribution in [0.25, 0.3) is 0 Å². The molecule has 0 aromatic carbocycles. The van der Waals surface area contributed by atoms with E-state index in [1.165, 1.54) is 12.8 Å². The second-order valence-corrected chi connectivity index (χ2v) is 6.31. The zero-order chi connectivity index (χ0) is 17.2. The minimum absolute atomic E-state index is 0.0130. The molecule has 2 N–H and O–H groups in total. The van der Waals surface area contributed by atoms with E-state index >= 15 is 0 Å². The molecular formula is C18H30N4O. The number of nitriles is 1. The second kappa shape index (κ2) is 10.2. The average Bonchev–Trinajstić information content (AvgIpc) is 3.06. The van der Waals surface area contributed by atoms with Gasteiger partial charge in [0.15, 0.2) is 0 Å². The van der Waals surface area contributed by atoms with Crippen LogP contribution in [-0.2, 0) is 4.79 Å². The number of primary amides is 1. The summed E-state index contributed by atoms with van der Waals surface area (Å²) in [7, 11) is 2.02. The Morgan fingerprint density at radius 3 is 2.61 bits per heavy atom. The summed E-state index contributed by atoms with van der Waals surface area (Å²) in [5.74, 6) is -0.326. The van der Waals surface area contributed by atoms with E-state index in [0.717, 1.165) is 39.0 Å². The fraction of sp³-hybridized carbons (Fsp3) is 0.667. The molecule has 1 amide bonds. The summed E-state index contributed by atoms with van der Waals surface area (Å²) in [6, 6.07) is 2.33. The molecule has 1 rings (SSSR count). The van der Waals surface area contributed by atoms with Crippen LogP contribution < -0.4 is 5.73 Å². The van der Waals surface area contributed by atoms with Gasteiger partial charge in [-0.15, -0.1) is 0 Å². The number of carbonyl (C=O) groups excluding carboxylic acids is 1. The van der Waals surface area contributed by atoms with Gasteiger partial charge in [-0.1, -0.05) is 25.7 Å². The van der Waals surface area contributed by atoms with Crippen LogP contribution in [0.15, 0.2) is 24.3 Å². The summed E-state index contributed by atoms with van der Waals surface area (Å²) in [5.41, 5.74) is 5.91. The molecule has 1 saturated heterocycles. The van der Waals surface area contributed by atoms with Crippen LogP contribution in [0.5, 0.6) is 0 Å². The number of nitrogens with two attached hydrogens (primary N) is 1. The smallest absolute Gasteiger partial charge is 0.245 e. The quantitative estimate of drug-likeness (QED) is 0.493. The van der Waals surface area contributed by atoms with Crippen molar-refractivity contribution in [2.24, 2.45) is 11.7 Å². The summed E-state index contributed by atoms with van der Waals surface area (Å²) < 4.78 is 0. The summed E-state index contributed by atoms with van der Waals surface area (Å²) >= 11 is 0. The maximum absolute atomic E-state index is 11.5. The van der Waals surface area contributed by atoms with Gasteiger partial charge in [-0.25, -0.2) is 0 Å². The Kier molecular flexibility index (Phi) is 8.60. The first-order valence-electron chi connectivity index (χ1n) is 8.45. The Bertz CT molecular complexity index is 460. The van der Waals surface area contributed by atoms with Gasteiger partial charge in [-0.05, 0) is 45.8 Å². The van der Waals surface area contributed by atoms with Crippen molar-refractivity contribution in [3.8, 4) is 6.07 Å². The topological polar surface area (TPSA) is 73.4 Å². The molecule has 1 fully saturated rings. The highest BCUT2D eigenvalue weighted by molar-refractivity contribution is 5.92. The van der Waals surface area contributed by atoms with Crippen LogP contribution in [0.2, 0.25) is 0 Å². The maximum Gasteiger partial charge on any atom is 0.245 e. The number of hydrogen-bond acceptors (Lipinski definition) is 4. The van der Waals surface area contributed by atoms with Gasteiger partial charge in [-0.3, -0.25) is 9.69 Å². The summed E-state index contributed by atoms with van der Waals surface area (Å²) in [5, 5.41) is 9.00. The first kappa shape index (κ1) is 19.4. The van der Waals surface area contributed by atoms with E-state index in [2.05, 4.69) is 34.6 Å². The largest absolute Gasteiger partial charge is 0.366 e. The number of rotatable bonds is 10. The standard InChI is InChI=1S/C18H30N4O/c1-4-16(13-19)14-21(3)10-6-5-9-17(15(2)18(20)23)22-11-7-8-12-22/h5-6,16-17H,2,4,7-12,14H2,1,3H3,(H2,20,23)/b6-5+. The molecule has 23 heavy (non-hydrogen) atoms. The lowest BCUT2D eigenvalue weighted by Gasteiger charge is -2.27. The minimum atomic E-state index is -0.410. The van der Waals surface area contributed by atoms with Gasteiger partial charge in [0.05, 0.1) is 12.0 Å². The first-order chi connectivity index (χ1) is 11.0. The van der Waals surface area contributed by atoms with Crippen molar-refractivity contribution in [1.29, 1.82) is 5.26 Å². The lowest BCUT2D eigenvalue weighted by Crippen LogP contribution is -2.38. The van der Waals surface area contributed by atoms with Crippen molar-refractivity contribution in [1.82, 2.24) is 9.80 Å². The Balaban J connectivity index is 2.49. The third-order valence-electron chi connectivity index (χ3n) is 4.45. The van der Waals surface area contributed by atoms with E-state index in [0.29, 0.717) is 5.57 Å². The normalized spacial score (nSPS) is 18.2. The van der Waals surface area contributed by atoms with Crippen LogP contribution in [-0.4, -0.2) is 55.0 Å². The minimum Gasteiger partial charge on any atom is -0.366 e. The van der Waals surface area contributed by atoms with Crippen LogP contribution in [0.4, 0.5) is 0 Å². The molecule has 128 valence electrons. The third kappa shape index (κ3) is 6.55. The number of likely N-dealkylation sites (N-methyl/N-ethyl adjacent to an activating group) is 1. The lowest BCUT2D eigenvalue weighted by molar-refractivity contribution is -0.115. The van der Waals surface area contributed by atoms with E-state index in [9.17, 15) is 4.79 Å². The zero-order valence-corrected chi connectivity index (χ0v) is 14.5. The van der Waals surface area contributed by atoms with Gasteiger partial charge in [0.25, 0.3) is 0 Å². The highest BCUT2D eigenvalue weighted by Gasteiger charge is 2.25. The highest BCUT2D eigenvalue weighted by atomic mass is 16.1. The number of carbonyl (C=O) groups is 1. The van der Waals surface area contributed by atoms with Crippen molar-refractivity contribution >= 4 is 5.91 Å². The molecule has 2 unspecified atom stereocenters. The van der Waals surface area contributed by atoms with Gasteiger partial charge < -0.3 is 10.6 Å². The highest BCUT2D eigenvalue weighted by Crippen LogP contribution is 2.19. The fourth-order valence-corrected chi connectivity index (χ4v) is 2.92. The number of nitrogens with zero attached hydrogens (tertiary/aromatic N) is 3. The summed E-state index contributed by atoms with van der Waals surface area (Å²) in [6.45, 7) is 9.50. The van der Waals surface area contributed by atoms with Crippen LogP contribution in [0.1, 0.15) is 32.6 Å². The van der Waals surface area contributed by atoms with E-state index in [4.69, 9.17) is 11.0 Å². The predicted octanol–water partition coefficient (Wildman–Crippen LogP) is 1.92. The number of amides is 1. The Labute approximate surface area is 140 Å². The Hall–Kier alpha value is -1.64. The van der Waals surface area contributed by atoms with Crippen LogP contribution >= 0.6 is 0 Å². The fourth-order valence-electron chi connectivity index (χ4n) is 2.92. The van der Waals surface area contributed by atoms with Gasteiger partial charge in [0, 0.05) is 24.7 Å². The van der Waals surface area contributed by atoms with E-state index < -0.39 is 5.91 Å². The monoisotopic (exact) mass is 318 g/mol. The molecular weight excluding hydrogens is 288 g/mol. The van der Waals surface area contributed by atoms with Crippen molar-refractivity contribution in [3.05, 3.63) is 24.3 Å². The van der Waals surface area contributed by atoms with Crippen LogP contribution in [0.3, 0.4) is 0 Å². The van der Waals surface area contributed by atoms with Gasteiger partial charge in [0.1, 0.15) is 0 Å². The van der Waals surface area contributed by atoms with Gasteiger partial charge >= 0.3 is 0 Å². The van der Waals surface area contributed by atoms with Gasteiger partial charge in [-0.2, -0.15) is 5.26 Å². The molecule has 1 heterocycles. The number of likely N-dealkylation sites (tertiary alicyclic amines) is 1. The summed E-state index contributed by atoms with van der Waals surface area (Å²) in [6.07, 6.45) is 8.16. The Morgan fingerprint density at radius 2 is 2.09 bits per heavy atom. The maximum atomic E-state index is 11.5. The molecule has 0 saturated carbocycles. The van der Waals surface area contributed by atoms with E-state index in [1.807, 2.05) is 14.0 Å². The lowest BCUT2D eigenvalue weighted by atomic mass is 10.0. The molecule has 0 aromatic rings. The Morgan fingerprint density at radius 1 is 1.43 bits per heavy atom.